The number of ether oxygens (including phenoxy) is 1. The van der Waals surface area contributed by atoms with Crippen molar-refractivity contribution < 1.29 is 14.3 Å². The fraction of sp³-hybridized carbons (Fsp3) is 0.467. The lowest BCUT2D eigenvalue weighted by Gasteiger charge is -2.15. The first-order chi connectivity index (χ1) is 9.60. The van der Waals surface area contributed by atoms with E-state index in [1.54, 1.807) is 12.1 Å². The van der Waals surface area contributed by atoms with Crippen LogP contribution in [0.1, 0.15) is 41.6 Å². The van der Waals surface area contributed by atoms with E-state index in [0.717, 1.165) is 31.2 Å². The predicted molar refractivity (Wildman–Crippen MR) is 76.9 cm³/mol. The maximum Gasteiger partial charge on any atom is 0.339 e. The Bertz CT molecular complexity index is 508. The maximum absolute atomic E-state index is 11.9. The molecule has 1 aliphatic rings. The molecule has 5 heteroatoms. The van der Waals surface area contributed by atoms with Gasteiger partial charge in [-0.05, 0) is 31.9 Å². The molecule has 0 atom stereocenters. The number of carbonyl (C=O) groups is 2. The van der Waals surface area contributed by atoms with E-state index in [2.05, 4.69) is 10.6 Å². The zero-order valence-corrected chi connectivity index (χ0v) is 11.9. The number of esters is 1. The fourth-order valence-corrected chi connectivity index (χ4v) is 2.46. The number of aryl methyl sites for hydroxylation is 1. The standard InChI is InChI=1S/C15H20N2O3/c1-10-7-8-13(12(9-10)14(18)20-2)17-15(19)16-11-5-3-4-6-11/h7-9,11H,3-6H2,1-2H3,(H2,16,17,19). The summed E-state index contributed by atoms with van der Waals surface area (Å²) < 4.78 is 4.74. The third-order valence-electron chi connectivity index (χ3n) is 3.52. The van der Waals surface area contributed by atoms with Crippen LogP contribution < -0.4 is 10.6 Å². The summed E-state index contributed by atoms with van der Waals surface area (Å²) in [5.41, 5.74) is 1.78. The molecule has 20 heavy (non-hydrogen) atoms. The van der Waals surface area contributed by atoms with E-state index in [0.29, 0.717) is 11.3 Å². The van der Waals surface area contributed by atoms with Crippen LogP contribution >= 0.6 is 0 Å². The number of urea groups is 1. The number of benzene rings is 1. The molecule has 0 heterocycles. The molecule has 0 aliphatic heterocycles. The van der Waals surface area contributed by atoms with Gasteiger partial charge in [-0.25, -0.2) is 9.59 Å². The van der Waals surface area contributed by atoms with Gasteiger partial charge >= 0.3 is 12.0 Å². The van der Waals surface area contributed by atoms with E-state index in [1.165, 1.54) is 7.11 Å². The van der Waals surface area contributed by atoms with Crippen molar-refractivity contribution in [1.29, 1.82) is 0 Å². The Labute approximate surface area is 118 Å². The third-order valence-corrected chi connectivity index (χ3v) is 3.52. The lowest BCUT2D eigenvalue weighted by molar-refractivity contribution is 0.0602. The summed E-state index contributed by atoms with van der Waals surface area (Å²) in [4.78, 5) is 23.7. The fourth-order valence-electron chi connectivity index (χ4n) is 2.46. The molecular weight excluding hydrogens is 256 g/mol. The first kappa shape index (κ1) is 14.4. The van der Waals surface area contributed by atoms with Gasteiger partial charge < -0.3 is 15.4 Å². The van der Waals surface area contributed by atoms with Crippen LogP contribution in [0.4, 0.5) is 10.5 Å². The van der Waals surface area contributed by atoms with Crippen LogP contribution in [0.5, 0.6) is 0 Å². The van der Waals surface area contributed by atoms with Crippen LogP contribution in [0.3, 0.4) is 0 Å². The van der Waals surface area contributed by atoms with Crippen molar-refractivity contribution >= 4 is 17.7 Å². The highest BCUT2D eigenvalue weighted by Gasteiger charge is 2.19. The number of hydrogen-bond donors (Lipinski definition) is 2. The van der Waals surface area contributed by atoms with E-state index >= 15 is 0 Å². The van der Waals surface area contributed by atoms with Crippen LogP contribution in [0, 0.1) is 6.92 Å². The summed E-state index contributed by atoms with van der Waals surface area (Å²) in [6.07, 6.45) is 4.35. The monoisotopic (exact) mass is 276 g/mol. The van der Waals surface area contributed by atoms with E-state index in [-0.39, 0.29) is 12.1 Å². The number of carbonyl (C=O) groups excluding carboxylic acids is 2. The van der Waals surface area contributed by atoms with Crippen molar-refractivity contribution in [1.82, 2.24) is 5.32 Å². The van der Waals surface area contributed by atoms with Gasteiger partial charge in [-0.15, -0.1) is 0 Å². The Balaban J connectivity index is 2.07. The molecule has 1 saturated carbocycles. The highest BCUT2D eigenvalue weighted by Crippen LogP contribution is 2.20. The van der Waals surface area contributed by atoms with E-state index in [9.17, 15) is 9.59 Å². The minimum Gasteiger partial charge on any atom is -0.465 e. The van der Waals surface area contributed by atoms with Gasteiger partial charge in [0.05, 0.1) is 18.4 Å². The van der Waals surface area contributed by atoms with Gasteiger partial charge in [-0.1, -0.05) is 24.5 Å². The van der Waals surface area contributed by atoms with Crippen molar-refractivity contribution in [2.45, 2.75) is 38.6 Å². The molecule has 0 unspecified atom stereocenters. The average Bonchev–Trinajstić information content (AvgIpc) is 2.92. The molecule has 0 aromatic heterocycles. The van der Waals surface area contributed by atoms with Gasteiger partial charge in [0.15, 0.2) is 0 Å². The molecule has 1 aromatic carbocycles. The Morgan fingerprint density at radius 2 is 1.95 bits per heavy atom. The topological polar surface area (TPSA) is 67.4 Å². The molecule has 0 bridgehead atoms. The Morgan fingerprint density at radius 1 is 1.25 bits per heavy atom. The van der Waals surface area contributed by atoms with Gasteiger partial charge in [0.1, 0.15) is 0 Å². The van der Waals surface area contributed by atoms with Gasteiger partial charge in [0, 0.05) is 6.04 Å². The smallest absolute Gasteiger partial charge is 0.339 e. The van der Waals surface area contributed by atoms with Crippen molar-refractivity contribution in [3.05, 3.63) is 29.3 Å². The maximum atomic E-state index is 11.9. The summed E-state index contributed by atoms with van der Waals surface area (Å²) in [6.45, 7) is 1.88. The summed E-state index contributed by atoms with van der Waals surface area (Å²) in [6, 6.07) is 5.23. The van der Waals surface area contributed by atoms with Gasteiger partial charge in [0.25, 0.3) is 0 Å². The molecule has 2 amide bonds. The number of methoxy groups -OCH3 is 1. The normalized spacial score (nSPS) is 14.9. The summed E-state index contributed by atoms with van der Waals surface area (Å²) in [5.74, 6) is -0.454. The summed E-state index contributed by atoms with van der Waals surface area (Å²) >= 11 is 0. The molecule has 2 N–H and O–H groups in total. The highest BCUT2D eigenvalue weighted by molar-refractivity contribution is 6.01. The minimum absolute atomic E-state index is 0.238. The number of amides is 2. The van der Waals surface area contributed by atoms with Gasteiger partial charge in [-0.3, -0.25) is 0 Å². The van der Waals surface area contributed by atoms with Gasteiger partial charge in [-0.2, -0.15) is 0 Å². The Kier molecular flexibility index (Phi) is 4.61. The number of hydrogen-bond acceptors (Lipinski definition) is 3. The molecule has 1 aromatic rings. The second kappa shape index (κ2) is 6.41. The van der Waals surface area contributed by atoms with Crippen molar-refractivity contribution in [2.24, 2.45) is 0 Å². The average molecular weight is 276 g/mol. The minimum atomic E-state index is -0.454. The summed E-state index contributed by atoms with van der Waals surface area (Å²) in [5, 5.41) is 5.65. The van der Waals surface area contributed by atoms with Crippen LogP contribution in [-0.4, -0.2) is 25.2 Å². The molecular formula is C15H20N2O3. The second-order valence-electron chi connectivity index (χ2n) is 5.12. The third kappa shape index (κ3) is 3.50. The second-order valence-corrected chi connectivity index (χ2v) is 5.12. The van der Waals surface area contributed by atoms with E-state index in [4.69, 9.17) is 4.74 Å². The van der Waals surface area contributed by atoms with Crippen LogP contribution in [0.2, 0.25) is 0 Å². The largest absolute Gasteiger partial charge is 0.465 e. The summed E-state index contributed by atoms with van der Waals surface area (Å²) in [7, 11) is 1.33. The predicted octanol–water partition coefficient (Wildman–Crippen LogP) is 2.85. The SMILES string of the molecule is COC(=O)c1cc(C)ccc1NC(=O)NC1CCCC1. The quantitative estimate of drug-likeness (QED) is 0.834. The first-order valence-electron chi connectivity index (χ1n) is 6.86. The molecule has 0 radical (unpaired) electrons. The van der Waals surface area contributed by atoms with Crippen molar-refractivity contribution in [2.75, 3.05) is 12.4 Å². The lowest BCUT2D eigenvalue weighted by atomic mass is 10.1. The highest BCUT2D eigenvalue weighted by atomic mass is 16.5. The zero-order chi connectivity index (χ0) is 14.5. The number of anilines is 1. The Hall–Kier alpha value is -2.04. The Morgan fingerprint density at radius 3 is 2.60 bits per heavy atom. The molecule has 0 saturated heterocycles. The lowest BCUT2D eigenvalue weighted by Crippen LogP contribution is -2.36. The van der Waals surface area contributed by atoms with E-state index in [1.807, 2.05) is 13.0 Å². The van der Waals surface area contributed by atoms with Crippen LogP contribution in [0.15, 0.2) is 18.2 Å². The number of nitrogens with one attached hydrogen (secondary N) is 2. The number of rotatable bonds is 3. The molecule has 1 aliphatic carbocycles. The van der Waals surface area contributed by atoms with E-state index < -0.39 is 5.97 Å². The molecule has 2 rings (SSSR count). The van der Waals surface area contributed by atoms with Crippen molar-refractivity contribution in [3.8, 4) is 0 Å². The molecule has 5 nitrogen and oxygen atoms in total. The molecule has 108 valence electrons. The molecule has 0 spiro atoms. The van der Waals surface area contributed by atoms with Gasteiger partial charge in [0.2, 0.25) is 0 Å². The first-order valence-corrected chi connectivity index (χ1v) is 6.86. The van der Waals surface area contributed by atoms with Crippen LogP contribution in [0.25, 0.3) is 0 Å². The molecule has 1 fully saturated rings. The van der Waals surface area contributed by atoms with Crippen LogP contribution in [-0.2, 0) is 4.74 Å². The van der Waals surface area contributed by atoms with Crippen molar-refractivity contribution in [3.63, 3.8) is 0 Å². The zero-order valence-electron chi connectivity index (χ0n) is 11.9.